The second-order valence-electron chi connectivity index (χ2n) is 6.74. The Morgan fingerprint density at radius 3 is 2.74 bits per heavy atom. The Morgan fingerprint density at radius 2 is 2.03 bits per heavy atom. The minimum absolute atomic E-state index is 0.0146. The smallest absolute Gasteiger partial charge is 0.270 e. The summed E-state index contributed by atoms with van der Waals surface area (Å²) in [6.07, 6.45) is 3.07. The summed E-state index contributed by atoms with van der Waals surface area (Å²) in [5.74, 6) is 0.870. The fourth-order valence-corrected chi connectivity index (χ4v) is 3.42. The van der Waals surface area contributed by atoms with Gasteiger partial charge in [0.05, 0.1) is 23.8 Å². The summed E-state index contributed by atoms with van der Waals surface area (Å²) < 4.78 is 11.0. The van der Waals surface area contributed by atoms with E-state index < -0.39 is 4.92 Å². The first-order valence-electron chi connectivity index (χ1n) is 9.40. The molecule has 3 rings (SSSR count). The molecule has 0 saturated carbocycles. The Morgan fingerprint density at radius 1 is 1.23 bits per heavy atom. The number of hydrogen-bond acceptors (Lipinski definition) is 7. The van der Waals surface area contributed by atoms with Crippen molar-refractivity contribution in [2.24, 2.45) is 0 Å². The van der Waals surface area contributed by atoms with E-state index >= 15 is 0 Å². The van der Waals surface area contributed by atoms with Gasteiger partial charge < -0.3 is 9.47 Å². The van der Waals surface area contributed by atoms with E-state index in [9.17, 15) is 14.9 Å². The van der Waals surface area contributed by atoms with Crippen LogP contribution in [0, 0.1) is 10.1 Å². The molecule has 2 aromatic carbocycles. The number of carbonyl (C=O) groups excluding carboxylic acids is 1. The number of nitro benzene ring substituents is 1. The molecule has 31 heavy (non-hydrogen) atoms. The van der Waals surface area contributed by atoms with Gasteiger partial charge in [-0.15, -0.1) is 11.3 Å². The van der Waals surface area contributed by atoms with Crippen LogP contribution in [-0.4, -0.2) is 29.0 Å². The molecule has 1 aromatic heterocycles. The SMILES string of the molecule is COc1cc(C=CC(=O)Nc2nc(-c3cccc([N+](=O)[O-])c3)cs2)ccc1OC(C)C. The van der Waals surface area contributed by atoms with Crippen LogP contribution in [-0.2, 0) is 4.79 Å². The zero-order valence-electron chi connectivity index (χ0n) is 17.2. The molecule has 9 heteroatoms. The quantitative estimate of drug-likeness (QED) is 0.295. The van der Waals surface area contributed by atoms with Gasteiger partial charge in [0, 0.05) is 29.2 Å². The first-order chi connectivity index (χ1) is 14.9. The highest BCUT2D eigenvalue weighted by atomic mass is 32.1. The minimum atomic E-state index is -0.458. The largest absolute Gasteiger partial charge is 0.493 e. The molecule has 0 spiro atoms. The highest BCUT2D eigenvalue weighted by Gasteiger charge is 2.11. The van der Waals surface area contributed by atoms with Crippen LogP contribution in [0.25, 0.3) is 17.3 Å². The summed E-state index contributed by atoms with van der Waals surface area (Å²) in [6.45, 7) is 3.86. The molecule has 1 amide bonds. The zero-order valence-corrected chi connectivity index (χ0v) is 18.0. The van der Waals surface area contributed by atoms with Gasteiger partial charge in [-0.2, -0.15) is 0 Å². The lowest BCUT2D eigenvalue weighted by Crippen LogP contribution is -2.07. The topological polar surface area (TPSA) is 104 Å². The lowest BCUT2D eigenvalue weighted by Gasteiger charge is -2.13. The first-order valence-corrected chi connectivity index (χ1v) is 10.3. The average Bonchev–Trinajstić information content (AvgIpc) is 3.21. The Labute approximate surface area is 183 Å². The second kappa shape index (κ2) is 9.86. The highest BCUT2D eigenvalue weighted by molar-refractivity contribution is 7.14. The summed E-state index contributed by atoms with van der Waals surface area (Å²) >= 11 is 1.24. The van der Waals surface area contributed by atoms with Gasteiger partial charge in [-0.05, 0) is 37.6 Å². The van der Waals surface area contributed by atoms with E-state index in [0.29, 0.717) is 27.9 Å². The third kappa shape index (κ3) is 5.89. The highest BCUT2D eigenvalue weighted by Crippen LogP contribution is 2.30. The molecule has 0 radical (unpaired) electrons. The Bertz CT molecular complexity index is 1120. The standard InChI is InChI=1S/C22H21N3O5S/c1-14(2)30-19-9-7-15(11-20(19)29-3)8-10-21(26)24-22-23-18(13-31-22)16-5-4-6-17(12-16)25(27)28/h4-14H,1-3H3,(H,23,24,26). The molecule has 1 N–H and O–H groups in total. The normalized spacial score (nSPS) is 11.0. The van der Waals surface area contributed by atoms with Crippen molar-refractivity contribution in [3.8, 4) is 22.8 Å². The molecule has 3 aromatic rings. The molecular formula is C22H21N3O5S. The van der Waals surface area contributed by atoms with E-state index in [1.165, 1.54) is 29.5 Å². The number of thiazole rings is 1. The molecule has 1 heterocycles. The van der Waals surface area contributed by atoms with Crippen LogP contribution in [0.1, 0.15) is 19.4 Å². The summed E-state index contributed by atoms with van der Waals surface area (Å²) in [6, 6.07) is 11.6. The van der Waals surface area contributed by atoms with Crippen molar-refractivity contribution >= 4 is 34.1 Å². The van der Waals surface area contributed by atoms with Crippen molar-refractivity contribution in [3.63, 3.8) is 0 Å². The summed E-state index contributed by atoms with van der Waals surface area (Å²) in [5, 5.41) is 15.8. The number of nitrogens with one attached hydrogen (secondary N) is 1. The predicted molar refractivity (Wildman–Crippen MR) is 121 cm³/mol. The van der Waals surface area contributed by atoms with Crippen LogP contribution in [0.15, 0.2) is 53.9 Å². The van der Waals surface area contributed by atoms with Crippen LogP contribution in [0.3, 0.4) is 0 Å². The van der Waals surface area contributed by atoms with E-state index in [1.54, 1.807) is 42.8 Å². The second-order valence-corrected chi connectivity index (χ2v) is 7.60. The molecular weight excluding hydrogens is 418 g/mol. The van der Waals surface area contributed by atoms with Gasteiger partial charge in [0.2, 0.25) is 5.91 Å². The maximum absolute atomic E-state index is 12.3. The molecule has 160 valence electrons. The Kier molecular flexibility index (Phi) is 6.99. The number of nitrogens with zero attached hydrogens (tertiary/aromatic N) is 2. The maximum Gasteiger partial charge on any atom is 0.270 e. The fourth-order valence-electron chi connectivity index (χ4n) is 2.70. The zero-order chi connectivity index (χ0) is 22.4. The molecule has 0 aliphatic heterocycles. The fraction of sp³-hybridized carbons (Fsp3) is 0.182. The van der Waals surface area contributed by atoms with E-state index in [-0.39, 0.29) is 17.7 Å². The maximum atomic E-state index is 12.3. The molecule has 8 nitrogen and oxygen atoms in total. The predicted octanol–water partition coefficient (Wildman–Crippen LogP) is 5.17. The summed E-state index contributed by atoms with van der Waals surface area (Å²) in [4.78, 5) is 27.1. The van der Waals surface area contributed by atoms with Crippen LogP contribution in [0.5, 0.6) is 11.5 Å². The van der Waals surface area contributed by atoms with Crippen LogP contribution >= 0.6 is 11.3 Å². The number of carbonyl (C=O) groups is 1. The van der Waals surface area contributed by atoms with E-state index in [0.717, 1.165) is 5.56 Å². The van der Waals surface area contributed by atoms with Gasteiger partial charge in [-0.1, -0.05) is 18.2 Å². The number of amides is 1. The van der Waals surface area contributed by atoms with Crippen molar-refractivity contribution in [2.75, 3.05) is 12.4 Å². The summed E-state index contributed by atoms with van der Waals surface area (Å²) in [5.41, 5.74) is 1.93. The van der Waals surface area contributed by atoms with E-state index in [1.807, 2.05) is 19.9 Å². The molecule has 0 fully saturated rings. The minimum Gasteiger partial charge on any atom is -0.493 e. The number of nitro groups is 1. The van der Waals surface area contributed by atoms with Crippen molar-refractivity contribution in [3.05, 3.63) is 69.6 Å². The third-order valence-electron chi connectivity index (χ3n) is 4.06. The average molecular weight is 439 g/mol. The van der Waals surface area contributed by atoms with E-state index in [4.69, 9.17) is 9.47 Å². The molecule has 0 unspecified atom stereocenters. The van der Waals surface area contributed by atoms with Crippen molar-refractivity contribution in [1.82, 2.24) is 4.98 Å². The lowest BCUT2D eigenvalue weighted by atomic mass is 10.1. The molecule has 0 bridgehead atoms. The molecule has 0 aliphatic carbocycles. The number of ether oxygens (including phenoxy) is 2. The monoisotopic (exact) mass is 439 g/mol. The number of rotatable bonds is 8. The van der Waals surface area contributed by atoms with E-state index in [2.05, 4.69) is 10.3 Å². The van der Waals surface area contributed by atoms with Gasteiger partial charge >= 0.3 is 0 Å². The molecule has 0 saturated heterocycles. The number of non-ortho nitro benzene ring substituents is 1. The number of benzene rings is 2. The number of methoxy groups -OCH3 is 1. The van der Waals surface area contributed by atoms with Crippen molar-refractivity contribution in [1.29, 1.82) is 0 Å². The van der Waals surface area contributed by atoms with Gasteiger partial charge in [-0.3, -0.25) is 20.2 Å². The third-order valence-corrected chi connectivity index (χ3v) is 4.82. The Hall–Kier alpha value is -3.72. The van der Waals surface area contributed by atoms with Crippen LogP contribution in [0.2, 0.25) is 0 Å². The first kappa shape index (κ1) is 22.0. The van der Waals surface area contributed by atoms with Gasteiger partial charge in [-0.25, -0.2) is 4.98 Å². The molecule has 0 atom stereocenters. The van der Waals surface area contributed by atoms with Gasteiger partial charge in [0.25, 0.3) is 5.69 Å². The van der Waals surface area contributed by atoms with Crippen LogP contribution < -0.4 is 14.8 Å². The van der Waals surface area contributed by atoms with Gasteiger partial charge in [0.15, 0.2) is 16.6 Å². The Balaban J connectivity index is 1.67. The lowest BCUT2D eigenvalue weighted by molar-refractivity contribution is -0.384. The number of anilines is 1. The van der Waals surface area contributed by atoms with Crippen LogP contribution in [0.4, 0.5) is 10.8 Å². The molecule has 0 aliphatic rings. The van der Waals surface area contributed by atoms with Crippen molar-refractivity contribution in [2.45, 2.75) is 20.0 Å². The van der Waals surface area contributed by atoms with Crippen molar-refractivity contribution < 1.29 is 19.2 Å². The number of hydrogen-bond donors (Lipinski definition) is 1. The van der Waals surface area contributed by atoms with Gasteiger partial charge in [0.1, 0.15) is 0 Å². The summed E-state index contributed by atoms with van der Waals surface area (Å²) in [7, 11) is 1.56. The number of aromatic nitrogens is 1.